The molecule has 1 aromatic rings. The first-order chi connectivity index (χ1) is 12.5. The molecule has 1 amide bonds. The molecule has 4 rings (SSSR count). The number of amides is 1. The Morgan fingerprint density at radius 1 is 1.31 bits per heavy atom. The molecule has 0 unspecified atom stereocenters. The maximum Gasteiger partial charge on any atom is 0.238 e. The van der Waals surface area contributed by atoms with Crippen LogP contribution in [0.3, 0.4) is 0 Å². The number of nitrogens with one attached hydrogen (secondary N) is 1. The van der Waals surface area contributed by atoms with Crippen LogP contribution in [0.4, 0.5) is 0 Å². The lowest BCUT2D eigenvalue weighted by Crippen LogP contribution is -2.45. The minimum absolute atomic E-state index is 0.0519. The van der Waals surface area contributed by atoms with Gasteiger partial charge in [0.2, 0.25) is 5.91 Å². The zero-order chi connectivity index (χ0) is 18.3. The van der Waals surface area contributed by atoms with Crippen molar-refractivity contribution in [2.45, 2.75) is 51.0 Å². The number of nitrogens with zero attached hydrogens (tertiary/aromatic N) is 1. The van der Waals surface area contributed by atoms with Crippen LogP contribution < -0.4 is 10.1 Å². The van der Waals surface area contributed by atoms with Gasteiger partial charge in [0.1, 0.15) is 11.9 Å². The summed E-state index contributed by atoms with van der Waals surface area (Å²) >= 11 is 0. The summed E-state index contributed by atoms with van der Waals surface area (Å²) in [5.74, 6) is 0.689. The lowest BCUT2D eigenvalue weighted by atomic mass is 9.73. The van der Waals surface area contributed by atoms with Crippen molar-refractivity contribution in [2.75, 3.05) is 19.6 Å². The van der Waals surface area contributed by atoms with Gasteiger partial charge in [-0.15, -0.1) is 0 Å². The monoisotopic (exact) mass is 354 g/mol. The summed E-state index contributed by atoms with van der Waals surface area (Å²) in [7, 11) is 0. The highest BCUT2D eigenvalue weighted by Crippen LogP contribution is 2.48. The van der Waals surface area contributed by atoms with Crippen LogP contribution in [0.2, 0.25) is 0 Å². The van der Waals surface area contributed by atoms with Crippen LogP contribution in [0.15, 0.2) is 30.0 Å². The highest BCUT2D eigenvalue weighted by atomic mass is 16.5. The van der Waals surface area contributed by atoms with E-state index in [0.29, 0.717) is 18.7 Å². The lowest BCUT2D eigenvalue weighted by molar-refractivity contribution is -0.125. The third-order valence-electron chi connectivity index (χ3n) is 5.86. The molecule has 0 spiro atoms. The van der Waals surface area contributed by atoms with Gasteiger partial charge in [0.25, 0.3) is 0 Å². The normalized spacial score (nSPS) is 28.0. The van der Waals surface area contributed by atoms with Crippen molar-refractivity contribution < 1.29 is 14.3 Å². The molecular weight excluding hydrogens is 328 g/mol. The molecule has 5 nitrogen and oxygen atoms in total. The molecule has 2 atom stereocenters. The third kappa shape index (κ3) is 3.05. The van der Waals surface area contributed by atoms with Crippen LogP contribution in [0.1, 0.15) is 43.7 Å². The average molecular weight is 354 g/mol. The summed E-state index contributed by atoms with van der Waals surface area (Å²) in [6.45, 7) is 6.42. The summed E-state index contributed by atoms with van der Waals surface area (Å²) in [5.41, 5.74) is 2.29. The topological polar surface area (TPSA) is 58.6 Å². The largest absolute Gasteiger partial charge is 0.488 e. The molecule has 1 fully saturated rings. The van der Waals surface area contributed by atoms with Gasteiger partial charge in [-0.2, -0.15) is 0 Å². The predicted octanol–water partition coefficient (Wildman–Crippen LogP) is 2.47. The Labute approximate surface area is 154 Å². The van der Waals surface area contributed by atoms with E-state index >= 15 is 0 Å². The Bertz CT molecular complexity index is 779. The highest BCUT2D eigenvalue weighted by Gasteiger charge is 2.48. The molecule has 26 heavy (non-hydrogen) atoms. The minimum atomic E-state index is -0.386. The number of likely N-dealkylation sites (tertiary alicyclic amines) is 1. The first-order valence-electron chi connectivity index (χ1n) is 9.52. The Kier molecular flexibility index (Phi) is 4.35. The summed E-state index contributed by atoms with van der Waals surface area (Å²) in [6, 6.07) is 6.11. The molecule has 2 aliphatic heterocycles. The molecule has 138 valence electrons. The number of piperidine rings is 1. The summed E-state index contributed by atoms with van der Waals surface area (Å²) in [4.78, 5) is 27.2. The van der Waals surface area contributed by atoms with Crippen LogP contribution in [0, 0.1) is 6.92 Å². The van der Waals surface area contributed by atoms with Crippen LogP contribution in [0.5, 0.6) is 5.75 Å². The molecule has 5 heteroatoms. The van der Waals surface area contributed by atoms with Gasteiger partial charge in [0.15, 0.2) is 5.78 Å². The molecule has 2 heterocycles. The number of carbonyl (C=O) groups is 2. The zero-order valence-electron chi connectivity index (χ0n) is 15.5. The number of carbonyl (C=O) groups excluding carboxylic acids is 2. The van der Waals surface area contributed by atoms with Gasteiger partial charge in [-0.25, -0.2) is 0 Å². The fraction of sp³-hybridized carbons (Fsp3) is 0.524. The number of rotatable bonds is 3. The van der Waals surface area contributed by atoms with Gasteiger partial charge < -0.3 is 10.1 Å². The molecule has 0 bridgehead atoms. The van der Waals surface area contributed by atoms with Crippen molar-refractivity contribution in [3.8, 4) is 5.75 Å². The van der Waals surface area contributed by atoms with Gasteiger partial charge >= 0.3 is 0 Å². The van der Waals surface area contributed by atoms with Crippen LogP contribution in [-0.2, 0) is 15.0 Å². The number of ketones is 1. The maximum atomic E-state index is 12.5. The Hall–Kier alpha value is -2.14. The van der Waals surface area contributed by atoms with Crippen LogP contribution in [0.25, 0.3) is 0 Å². The predicted molar refractivity (Wildman–Crippen MR) is 99.1 cm³/mol. The number of benzene rings is 1. The second-order valence-corrected chi connectivity index (χ2v) is 7.96. The number of aryl methyl sites for hydroxylation is 1. The Morgan fingerprint density at radius 2 is 2.08 bits per heavy atom. The van der Waals surface area contributed by atoms with E-state index in [1.54, 1.807) is 0 Å². The van der Waals surface area contributed by atoms with Crippen molar-refractivity contribution in [1.29, 1.82) is 0 Å². The number of ether oxygens (including phenoxy) is 1. The fourth-order valence-electron chi connectivity index (χ4n) is 4.32. The SMILES string of the molecule is Cc1ccc2c(c1)[C@]1(C)C=C(NC(=O)CN3CCCCC3)C(=O)C[C@@H]1O2. The van der Waals surface area contributed by atoms with E-state index in [9.17, 15) is 9.59 Å². The van der Waals surface area contributed by atoms with E-state index < -0.39 is 0 Å². The molecular formula is C21H26N2O3. The van der Waals surface area contributed by atoms with Crippen LogP contribution >= 0.6 is 0 Å². The second kappa shape index (κ2) is 6.54. The van der Waals surface area contributed by atoms with Crippen molar-refractivity contribution in [3.05, 3.63) is 41.1 Å². The first kappa shape index (κ1) is 17.3. The number of hydrogen-bond acceptors (Lipinski definition) is 4. The fourth-order valence-corrected chi connectivity index (χ4v) is 4.32. The van der Waals surface area contributed by atoms with Gasteiger partial charge in [-0.3, -0.25) is 14.5 Å². The molecule has 1 aromatic carbocycles. The van der Waals surface area contributed by atoms with E-state index in [1.807, 2.05) is 18.2 Å². The van der Waals surface area contributed by atoms with E-state index in [4.69, 9.17) is 4.74 Å². The smallest absolute Gasteiger partial charge is 0.238 e. The second-order valence-electron chi connectivity index (χ2n) is 7.96. The molecule has 3 aliphatic rings. The zero-order valence-corrected chi connectivity index (χ0v) is 15.5. The quantitative estimate of drug-likeness (QED) is 0.906. The van der Waals surface area contributed by atoms with E-state index in [2.05, 4.69) is 30.1 Å². The highest BCUT2D eigenvalue weighted by molar-refractivity contribution is 6.01. The van der Waals surface area contributed by atoms with Gasteiger partial charge in [0.05, 0.1) is 24.1 Å². The standard InChI is InChI=1S/C21H26N2O3/c1-14-6-7-18-15(10-14)21(2)12-16(17(24)11-19(21)26-18)22-20(25)13-23-8-4-3-5-9-23/h6-7,10,12,19H,3-5,8-9,11,13H2,1-2H3,(H,22,25)/t19-,21-/m0/s1. The Morgan fingerprint density at radius 3 is 2.85 bits per heavy atom. The number of Topliss-reactive ketones (excluding diaryl/α,β-unsaturated/α-hetero) is 1. The van der Waals surface area contributed by atoms with Gasteiger partial charge in [-0.05, 0) is 51.9 Å². The summed E-state index contributed by atoms with van der Waals surface area (Å²) in [5, 5.41) is 2.87. The molecule has 1 saturated heterocycles. The molecule has 1 aliphatic carbocycles. The van der Waals surface area contributed by atoms with Gasteiger partial charge in [0, 0.05) is 5.56 Å². The van der Waals surface area contributed by atoms with Crippen LogP contribution in [-0.4, -0.2) is 42.3 Å². The minimum Gasteiger partial charge on any atom is -0.488 e. The first-order valence-corrected chi connectivity index (χ1v) is 9.52. The molecule has 0 radical (unpaired) electrons. The summed E-state index contributed by atoms with van der Waals surface area (Å²) in [6.07, 6.45) is 5.52. The lowest BCUT2D eigenvalue weighted by Gasteiger charge is -2.32. The van der Waals surface area contributed by atoms with E-state index in [0.717, 1.165) is 42.8 Å². The van der Waals surface area contributed by atoms with Gasteiger partial charge in [-0.1, -0.05) is 24.1 Å². The van der Waals surface area contributed by atoms with Crippen molar-refractivity contribution in [2.24, 2.45) is 0 Å². The maximum absolute atomic E-state index is 12.5. The average Bonchev–Trinajstić information content (AvgIpc) is 2.88. The third-order valence-corrected chi connectivity index (χ3v) is 5.86. The Balaban J connectivity index is 1.54. The number of hydrogen-bond donors (Lipinski definition) is 1. The number of allylic oxidation sites excluding steroid dienone is 1. The molecule has 0 saturated carbocycles. The van der Waals surface area contributed by atoms with Crippen molar-refractivity contribution >= 4 is 11.7 Å². The van der Waals surface area contributed by atoms with Crippen molar-refractivity contribution in [1.82, 2.24) is 10.2 Å². The van der Waals surface area contributed by atoms with E-state index in [1.165, 1.54) is 6.42 Å². The van der Waals surface area contributed by atoms with Crippen molar-refractivity contribution in [3.63, 3.8) is 0 Å². The molecule has 0 aromatic heterocycles. The summed E-state index contributed by atoms with van der Waals surface area (Å²) < 4.78 is 6.03. The molecule has 1 N–H and O–H groups in total. The van der Waals surface area contributed by atoms with E-state index in [-0.39, 0.29) is 23.2 Å². The number of fused-ring (bicyclic) bond motifs is 3.